The van der Waals surface area contributed by atoms with Crippen LogP contribution in [0.2, 0.25) is 0 Å². The number of ether oxygens (including phenoxy) is 3. The first-order valence-electron chi connectivity index (χ1n) is 9.30. The number of nitrogens with one attached hydrogen (secondary N) is 2. The fourth-order valence-electron chi connectivity index (χ4n) is 3.83. The Morgan fingerprint density at radius 1 is 1.21 bits per heavy atom. The van der Waals surface area contributed by atoms with E-state index in [1.807, 2.05) is 41.3 Å². The van der Waals surface area contributed by atoms with Gasteiger partial charge in [-0.15, -0.1) is 0 Å². The number of fused-ring (bicyclic) bond motifs is 4. The second-order valence-corrected chi connectivity index (χ2v) is 7.01. The highest BCUT2D eigenvalue weighted by Crippen LogP contribution is 2.33. The first-order valence-corrected chi connectivity index (χ1v) is 9.30. The molecule has 1 aromatic heterocycles. The Bertz CT molecular complexity index is 1060. The monoisotopic (exact) mass is 379 g/mol. The molecule has 3 heterocycles. The summed E-state index contributed by atoms with van der Waals surface area (Å²) in [6, 6.07) is 11.6. The molecule has 0 bridgehead atoms. The van der Waals surface area contributed by atoms with Gasteiger partial charge in [-0.1, -0.05) is 6.07 Å². The number of benzene rings is 2. The van der Waals surface area contributed by atoms with Gasteiger partial charge in [-0.25, -0.2) is 4.79 Å². The summed E-state index contributed by atoms with van der Waals surface area (Å²) in [5.41, 5.74) is 4.42. The fraction of sp³-hybridized carbons (Fsp3) is 0.286. The molecule has 3 aromatic rings. The number of H-pyrrole nitrogens is 1. The standard InChI is InChI=1S/C21H21N3O4/c1-26-14-3-4-17-15(9-14)16-11-24(7-6-18(16)23-17)21(25)22-10-13-2-5-19-20(8-13)28-12-27-19/h2-5,8-9,23H,6-7,10-12H2,1H3,(H,22,25). The van der Waals surface area contributed by atoms with Gasteiger partial charge in [-0.2, -0.15) is 0 Å². The highest BCUT2D eigenvalue weighted by Gasteiger charge is 2.24. The van der Waals surface area contributed by atoms with Crippen LogP contribution >= 0.6 is 0 Å². The molecule has 144 valence electrons. The smallest absolute Gasteiger partial charge is 0.317 e. The van der Waals surface area contributed by atoms with Crippen LogP contribution in [-0.4, -0.2) is 36.4 Å². The van der Waals surface area contributed by atoms with Gasteiger partial charge in [0, 0.05) is 48.2 Å². The summed E-state index contributed by atoms with van der Waals surface area (Å²) in [7, 11) is 1.66. The Morgan fingerprint density at radius 2 is 2.11 bits per heavy atom. The largest absolute Gasteiger partial charge is 0.497 e. The highest BCUT2D eigenvalue weighted by atomic mass is 16.7. The lowest BCUT2D eigenvalue weighted by atomic mass is 10.0. The second-order valence-electron chi connectivity index (χ2n) is 7.01. The van der Waals surface area contributed by atoms with Crippen molar-refractivity contribution in [3.8, 4) is 17.2 Å². The van der Waals surface area contributed by atoms with Crippen LogP contribution in [0.3, 0.4) is 0 Å². The van der Waals surface area contributed by atoms with Crippen molar-refractivity contribution in [2.75, 3.05) is 20.4 Å². The maximum Gasteiger partial charge on any atom is 0.317 e. The summed E-state index contributed by atoms with van der Waals surface area (Å²) >= 11 is 0. The van der Waals surface area contributed by atoms with Crippen molar-refractivity contribution in [2.24, 2.45) is 0 Å². The van der Waals surface area contributed by atoms with E-state index in [9.17, 15) is 4.79 Å². The number of rotatable bonds is 3. The highest BCUT2D eigenvalue weighted by molar-refractivity contribution is 5.87. The average Bonchev–Trinajstić information content (AvgIpc) is 3.34. The topological polar surface area (TPSA) is 75.8 Å². The Balaban J connectivity index is 1.29. The molecular weight excluding hydrogens is 358 g/mol. The van der Waals surface area contributed by atoms with E-state index in [1.165, 1.54) is 11.3 Å². The number of urea groups is 1. The van der Waals surface area contributed by atoms with Crippen LogP contribution in [0.5, 0.6) is 17.2 Å². The number of hydrogen-bond acceptors (Lipinski definition) is 4. The summed E-state index contributed by atoms with van der Waals surface area (Å²) < 4.78 is 16.1. The predicted molar refractivity (Wildman–Crippen MR) is 104 cm³/mol. The number of methoxy groups -OCH3 is 1. The number of aromatic amines is 1. The number of amides is 2. The molecule has 0 saturated heterocycles. The second kappa shape index (κ2) is 6.67. The van der Waals surface area contributed by atoms with E-state index in [0.717, 1.165) is 40.1 Å². The summed E-state index contributed by atoms with van der Waals surface area (Å²) in [6.07, 6.45) is 0.809. The molecule has 0 aliphatic carbocycles. The molecule has 0 radical (unpaired) electrons. The first-order chi connectivity index (χ1) is 13.7. The molecule has 7 nitrogen and oxygen atoms in total. The van der Waals surface area contributed by atoms with Crippen molar-refractivity contribution in [3.05, 3.63) is 53.2 Å². The van der Waals surface area contributed by atoms with Crippen LogP contribution < -0.4 is 19.5 Å². The zero-order valence-corrected chi connectivity index (χ0v) is 15.6. The van der Waals surface area contributed by atoms with E-state index in [0.29, 0.717) is 19.6 Å². The van der Waals surface area contributed by atoms with E-state index in [4.69, 9.17) is 14.2 Å². The molecule has 2 N–H and O–H groups in total. The van der Waals surface area contributed by atoms with Gasteiger partial charge >= 0.3 is 6.03 Å². The van der Waals surface area contributed by atoms with Crippen molar-refractivity contribution in [3.63, 3.8) is 0 Å². The van der Waals surface area contributed by atoms with Crippen LogP contribution in [0.15, 0.2) is 36.4 Å². The minimum atomic E-state index is -0.0689. The molecule has 7 heteroatoms. The fourth-order valence-corrected chi connectivity index (χ4v) is 3.83. The number of carbonyl (C=O) groups excluding carboxylic acids is 1. The van der Waals surface area contributed by atoms with Gasteiger partial charge in [0.05, 0.1) is 7.11 Å². The third-order valence-corrected chi connectivity index (χ3v) is 5.35. The van der Waals surface area contributed by atoms with Crippen LogP contribution in [0.1, 0.15) is 16.8 Å². The quantitative estimate of drug-likeness (QED) is 0.733. The molecule has 2 aliphatic heterocycles. The molecule has 0 fully saturated rings. The van der Waals surface area contributed by atoms with Crippen molar-refractivity contribution in [1.82, 2.24) is 15.2 Å². The Kier molecular flexibility index (Phi) is 4.00. The van der Waals surface area contributed by atoms with Crippen LogP contribution in [0.25, 0.3) is 10.9 Å². The Morgan fingerprint density at radius 3 is 3.00 bits per heavy atom. The molecule has 2 aliphatic rings. The lowest BCUT2D eigenvalue weighted by Gasteiger charge is -2.27. The first kappa shape index (κ1) is 16.8. The third kappa shape index (κ3) is 2.89. The van der Waals surface area contributed by atoms with Crippen LogP contribution in [0.4, 0.5) is 4.79 Å². The number of nitrogens with zero attached hydrogens (tertiary/aromatic N) is 1. The van der Waals surface area contributed by atoms with E-state index in [-0.39, 0.29) is 12.8 Å². The lowest BCUT2D eigenvalue weighted by molar-refractivity contribution is 0.174. The molecule has 2 aromatic carbocycles. The molecule has 5 rings (SSSR count). The maximum atomic E-state index is 12.7. The number of aromatic nitrogens is 1. The summed E-state index contributed by atoms with van der Waals surface area (Å²) in [6.45, 7) is 1.95. The maximum absolute atomic E-state index is 12.7. The van der Waals surface area contributed by atoms with Crippen molar-refractivity contribution >= 4 is 16.9 Å². The Hall–Kier alpha value is -3.35. The van der Waals surface area contributed by atoms with Crippen LogP contribution in [-0.2, 0) is 19.5 Å². The van der Waals surface area contributed by atoms with Gasteiger partial charge < -0.3 is 29.4 Å². The van der Waals surface area contributed by atoms with Gasteiger partial charge in [0.2, 0.25) is 6.79 Å². The number of carbonyl (C=O) groups is 1. The summed E-state index contributed by atoms with van der Waals surface area (Å²) in [5.74, 6) is 2.29. The third-order valence-electron chi connectivity index (χ3n) is 5.35. The van der Waals surface area contributed by atoms with E-state index < -0.39 is 0 Å². The van der Waals surface area contributed by atoms with E-state index >= 15 is 0 Å². The zero-order chi connectivity index (χ0) is 19.1. The van der Waals surface area contributed by atoms with Gasteiger partial charge in [0.1, 0.15) is 5.75 Å². The molecule has 2 amide bonds. The molecule has 28 heavy (non-hydrogen) atoms. The molecule has 0 unspecified atom stereocenters. The molecule has 0 atom stereocenters. The lowest BCUT2D eigenvalue weighted by Crippen LogP contribution is -2.42. The minimum Gasteiger partial charge on any atom is -0.497 e. The predicted octanol–water partition coefficient (Wildman–Crippen LogP) is 3.17. The van der Waals surface area contributed by atoms with Gasteiger partial charge in [-0.3, -0.25) is 0 Å². The van der Waals surface area contributed by atoms with Gasteiger partial charge in [0.25, 0.3) is 0 Å². The minimum absolute atomic E-state index is 0.0689. The molecule has 0 saturated carbocycles. The molecule has 0 spiro atoms. The average molecular weight is 379 g/mol. The van der Waals surface area contributed by atoms with Crippen molar-refractivity contribution in [2.45, 2.75) is 19.5 Å². The Labute approximate surface area is 162 Å². The normalized spacial score (nSPS) is 14.8. The zero-order valence-electron chi connectivity index (χ0n) is 15.6. The van der Waals surface area contributed by atoms with Crippen molar-refractivity contribution in [1.29, 1.82) is 0 Å². The SMILES string of the molecule is COc1ccc2[nH]c3c(c2c1)CN(C(=O)NCc1ccc2c(c1)OCO2)CC3. The summed E-state index contributed by atoms with van der Waals surface area (Å²) in [4.78, 5) is 18.0. The van der Waals surface area contributed by atoms with Gasteiger partial charge in [-0.05, 0) is 35.9 Å². The van der Waals surface area contributed by atoms with Crippen LogP contribution in [0, 0.1) is 0 Å². The molecular formula is C21H21N3O4. The van der Waals surface area contributed by atoms with E-state index in [2.05, 4.69) is 10.3 Å². The number of hydrogen-bond donors (Lipinski definition) is 2. The van der Waals surface area contributed by atoms with Gasteiger partial charge in [0.15, 0.2) is 11.5 Å². The van der Waals surface area contributed by atoms with E-state index in [1.54, 1.807) is 7.11 Å². The summed E-state index contributed by atoms with van der Waals surface area (Å²) in [5, 5.41) is 4.12. The van der Waals surface area contributed by atoms with Crippen molar-refractivity contribution < 1.29 is 19.0 Å².